The summed E-state index contributed by atoms with van der Waals surface area (Å²) in [5, 5.41) is 0. The van der Waals surface area contributed by atoms with Crippen LogP contribution in [0.3, 0.4) is 0 Å². The van der Waals surface area contributed by atoms with Crippen LogP contribution in [0.2, 0.25) is 0 Å². The van der Waals surface area contributed by atoms with E-state index in [9.17, 15) is 4.79 Å². The van der Waals surface area contributed by atoms with Crippen molar-refractivity contribution in [2.24, 2.45) is 5.73 Å². The fourth-order valence-corrected chi connectivity index (χ4v) is 1.49. The van der Waals surface area contributed by atoms with Gasteiger partial charge in [-0.3, -0.25) is 4.79 Å². The summed E-state index contributed by atoms with van der Waals surface area (Å²) >= 11 is 0. The molecule has 0 saturated heterocycles. The Balaban J connectivity index is 2.48. The smallest absolute Gasteiger partial charge is 0.293 e. The second-order valence-electron chi connectivity index (χ2n) is 2.81. The zero-order valence-corrected chi connectivity index (χ0v) is 6.01. The van der Waals surface area contributed by atoms with Gasteiger partial charge in [-0.1, -0.05) is 0 Å². The van der Waals surface area contributed by atoms with Crippen LogP contribution in [0.5, 0.6) is 0 Å². The third-order valence-corrected chi connectivity index (χ3v) is 2.18. The molecular formula is C7H13NO2. The molecule has 3 heteroatoms. The average molecular weight is 143 g/mol. The topological polar surface area (TPSA) is 52.3 Å². The van der Waals surface area contributed by atoms with Gasteiger partial charge in [0.05, 0.1) is 0 Å². The minimum atomic E-state index is -0.304. The van der Waals surface area contributed by atoms with Crippen molar-refractivity contribution >= 4 is 6.47 Å². The Bertz CT molecular complexity index is 119. The van der Waals surface area contributed by atoms with E-state index < -0.39 is 0 Å². The number of carbonyl (C=O) groups is 1. The molecule has 0 aliphatic heterocycles. The summed E-state index contributed by atoms with van der Waals surface area (Å²) < 4.78 is 4.93. The molecule has 1 aliphatic rings. The number of carbonyl (C=O) groups excluding carboxylic acids is 1. The maximum atomic E-state index is 10.0. The minimum absolute atomic E-state index is 0.304. The summed E-state index contributed by atoms with van der Waals surface area (Å²) in [4.78, 5) is 10.0. The van der Waals surface area contributed by atoms with E-state index in [1.54, 1.807) is 0 Å². The Morgan fingerprint density at radius 1 is 1.50 bits per heavy atom. The Kier molecular flexibility index (Phi) is 2.27. The van der Waals surface area contributed by atoms with E-state index >= 15 is 0 Å². The highest BCUT2D eigenvalue weighted by atomic mass is 16.5. The van der Waals surface area contributed by atoms with Gasteiger partial charge in [0, 0.05) is 6.54 Å². The second-order valence-corrected chi connectivity index (χ2v) is 2.81. The fraction of sp³-hybridized carbons (Fsp3) is 0.857. The molecule has 0 aromatic carbocycles. The standard InChI is InChI=1S/C7H13NO2/c8-5-7(10-6-9)3-1-2-4-7/h6H,1-5,8H2. The average Bonchev–Trinajstić information content (AvgIpc) is 2.39. The van der Waals surface area contributed by atoms with E-state index in [1.165, 1.54) is 0 Å². The van der Waals surface area contributed by atoms with Gasteiger partial charge < -0.3 is 10.5 Å². The van der Waals surface area contributed by atoms with Gasteiger partial charge >= 0.3 is 0 Å². The molecule has 0 bridgehead atoms. The lowest BCUT2D eigenvalue weighted by Gasteiger charge is -2.24. The van der Waals surface area contributed by atoms with Crippen LogP contribution in [0.4, 0.5) is 0 Å². The van der Waals surface area contributed by atoms with E-state index in [0.29, 0.717) is 13.0 Å². The first kappa shape index (κ1) is 7.54. The summed E-state index contributed by atoms with van der Waals surface area (Å²) in [6, 6.07) is 0. The van der Waals surface area contributed by atoms with E-state index in [-0.39, 0.29) is 5.60 Å². The Morgan fingerprint density at radius 2 is 2.10 bits per heavy atom. The third kappa shape index (κ3) is 1.29. The number of nitrogens with two attached hydrogens (primary N) is 1. The highest BCUT2D eigenvalue weighted by molar-refractivity contribution is 5.38. The predicted octanol–water partition coefficient (Wildman–Crippen LogP) is 0.431. The highest BCUT2D eigenvalue weighted by Gasteiger charge is 2.33. The van der Waals surface area contributed by atoms with Gasteiger partial charge in [-0.25, -0.2) is 0 Å². The summed E-state index contributed by atoms with van der Waals surface area (Å²) in [6.07, 6.45) is 4.13. The molecule has 1 fully saturated rings. The van der Waals surface area contributed by atoms with Crippen molar-refractivity contribution < 1.29 is 9.53 Å². The van der Waals surface area contributed by atoms with E-state index in [4.69, 9.17) is 10.5 Å². The molecule has 0 unspecified atom stereocenters. The molecule has 10 heavy (non-hydrogen) atoms. The molecule has 1 rings (SSSR count). The molecule has 0 aromatic rings. The molecule has 0 spiro atoms. The van der Waals surface area contributed by atoms with Crippen LogP contribution in [-0.2, 0) is 9.53 Å². The maximum absolute atomic E-state index is 10.0. The van der Waals surface area contributed by atoms with Gasteiger partial charge in [0.1, 0.15) is 5.60 Å². The SMILES string of the molecule is NCC1(OC=O)CCCC1. The van der Waals surface area contributed by atoms with Crippen molar-refractivity contribution in [2.45, 2.75) is 31.3 Å². The van der Waals surface area contributed by atoms with Crippen LogP contribution < -0.4 is 5.73 Å². The number of rotatable bonds is 3. The maximum Gasteiger partial charge on any atom is 0.293 e. The lowest BCUT2D eigenvalue weighted by Crippen LogP contribution is -2.37. The first-order valence-electron chi connectivity index (χ1n) is 3.64. The Morgan fingerprint density at radius 3 is 2.50 bits per heavy atom. The van der Waals surface area contributed by atoms with E-state index in [0.717, 1.165) is 25.7 Å². The first-order chi connectivity index (χ1) is 4.83. The Labute approximate surface area is 60.5 Å². The Hall–Kier alpha value is -0.570. The van der Waals surface area contributed by atoms with Crippen LogP contribution in [0.25, 0.3) is 0 Å². The molecule has 0 amide bonds. The lowest BCUT2D eigenvalue weighted by atomic mass is 10.0. The third-order valence-electron chi connectivity index (χ3n) is 2.18. The number of hydrogen-bond donors (Lipinski definition) is 1. The van der Waals surface area contributed by atoms with Gasteiger partial charge in [0.25, 0.3) is 6.47 Å². The van der Waals surface area contributed by atoms with Crippen molar-refractivity contribution in [3.05, 3.63) is 0 Å². The van der Waals surface area contributed by atoms with Crippen molar-refractivity contribution in [3.8, 4) is 0 Å². The van der Waals surface area contributed by atoms with Crippen molar-refractivity contribution in [3.63, 3.8) is 0 Å². The van der Waals surface area contributed by atoms with Gasteiger partial charge in [0.2, 0.25) is 0 Å². The summed E-state index contributed by atoms with van der Waals surface area (Å²) in [5.41, 5.74) is 5.17. The highest BCUT2D eigenvalue weighted by Crippen LogP contribution is 2.31. The van der Waals surface area contributed by atoms with Crippen LogP contribution in [0, 0.1) is 0 Å². The van der Waals surface area contributed by atoms with E-state index in [2.05, 4.69) is 0 Å². The fourth-order valence-electron chi connectivity index (χ4n) is 1.49. The van der Waals surface area contributed by atoms with E-state index in [1.807, 2.05) is 0 Å². The molecule has 1 aliphatic carbocycles. The molecule has 1 saturated carbocycles. The van der Waals surface area contributed by atoms with Crippen LogP contribution >= 0.6 is 0 Å². The normalized spacial score (nSPS) is 22.5. The molecule has 0 aromatic heterocycles. The van der Waals surface area contributed by atoms with Crippen LogP contribution in [-0.4, -0.2) is 18.6 Å². The largest absolute Gasteiger partial charge is 0.460 e. The molecule has 0 atom stereocenters. The zero-order chi connectivity index (χ0) is 7.45. The van der Waals surface area contributed by atoms with Crippen LogP contribution in [0.15, 0.2) is 0 Å². The van der Waals surface area contributed by atoms with Gasteiger partial charge in [-0.05, 0) is 25.7 Å². The lowest BCUT2D eigenvalue weighted by molar-refractivity contribution is -0.142. The summed E-state index contributed by atoms with van der Waals surface area (Å²) in [7, 11) is 0. The monoisotopic (exact) mass is 143 g/mol. The number of hydrogen-bond acceptors (Lipinski definition) is 3. The van der Waals surface area contributed by atoms with Crippen molar-refractivity contribution in [1.82, 2.24) is 0 Å². The quantitative estimate of drug-likeness (QED) is 0.583. The predicted molar refractivity (Wildman–Crippen MR) is 37.4 cm³/mol. The summed E-state index contributed by atoms with van der Waals surface area (Å²) in [6.45, 7) is 0.976. The molecule has 58 valence electrons. The molecule has 0 radical (unpaired) electrons. The molecule has 2 N–H and O–H groups in total. The van der Waals surface area contributed by atoms with Crippen molar-refractivity contribution in [2.75, 3.05) is 6.54 Å². The van der Waals surface area contributed by atoms with Crippen LogP contribution in [0.1, 0.15) is 25.7 Å². The second kappa shape index (κ2) is 3.01. The molecule has 3 nitrogen and oxygen atoms in total. The van der Waals surface area contributed by atoms with Gasteiger partial charge in [-0.2, -0.15) is 0 Å². The zero-order valence-electron chi connectivity index (χ0n) is 6.01. The van der Waals surface area contributed by atoms with Crippen molar-refractivity contribution in [1.29, 1.82) is 0 Å². The molecular weight excluding hydrogens is 130 g/mol. The van der Waals surface area contributed by atoms with Gasteiger partial charge in [0.15, 0.2) is 0 Å². The summed E-state index contributed by atoms with van der Waals surface area (Å²) in [5.74, 6) is 0. The first-order valence-corrected chi connectivity index (χ1v) is 3.64. The minimum Gasteiger partial charge on any atom is -0.460 e. The molecule has 0 heterocycles. The number of ether oxygens (including phenoxy) is 1. The van der Waals surface area contributed by atoms with Gasteiger partial charge in [-0.15, -0.1) is 0 Å².